The lowest BCUT2D eigenvalue weighted by molar-refractivity contribution is -0.137. The summed E-state index contributed by atoms with van der Waals surface area (Å²) in [5.41, 5.74) is -0.899. The summed E-state index contributed by atoms with van der Waals surface area (Å²) in [6.07, 6.45) is -3.25. The van der Waals surface area contributed by atoms with Gasteiger partial charge in [0.1, 0.15) is 0 Å². The zero-order chi connectivity index (χ0) is 19.1. The van der Waals surface area contributed by atoms with Crippen LogP contribution in [0.4, 0.5) is 18.9 Å². The minimum Gasteiger partial charge on any atom is -0.504 e. The highest BCUT2D eigenvalue weighted by atomic mass is 32.2. The fourth-order valence-electron chi connectivity index (χ4n) is 2.37. The van der Waals surface area contributed by atoms with Crippen molar-refractivity contribution < 1.29 is 28.2 Å². The third-order valence-electron chi connectivity index (χ3n) is 3.54. The first-order valence-electron chi connectivity index (χ1n) is 7.14. The van der Waals surface area contributed by atoms with Crippen molar-refractivity contribution in [1.82, 2.24) is 0 Å². The Morgan fingerprint density at radius 3 is 2.42 bits per heavy atom. The number of thioether (sulfide) groups is 1. The van der Waals surface area contributed by atoms with E-state index >= 15 is 0 Å². The van der Waals surface area contributed by atoms with Crippen LogP contribution in [0, 0.1) is 0 Å². The molecule has 1 heterocycles. The van der Waals surface area contributed by atoms with Gasteiger partial charge >= 0.3 is 6.18 Å². The molecule has 26 heavy (non-hydrogen) atoms. The summed E-state index contributed by atoms with van der Waals surface area (Å²) in [4.78, 5) is 13.6. The van der Waals surface area contributed by atoms with Gasteiger partial charge in [-0.25, -0.2) is 0 Å². The van der Waals surface area contributed by atoms with E-state index in [1.165, 1.54) is 42.5 Å². The Hall–Kier alpha value is -2.52. The number of alkyl halides is 3. The van der Waals surface area contributed by atoms with Gasteiger partial charge in [-0.2, -0.15) is 13.2 Å². The van der Waals surface area contributed by atoms with Gasteiger partial charge < -0.3 is 10.2 Å². The predicted molar refractivity (Wildman–Crippen MR) is 96.9 cm³/mol. The number of nitrogens with zero attached hydrogens (tertiary/aromatic N) is 1. The Morgan fingerprint density at radius 1 is 1.08 bits per heavy atom. The summed E-state index contributed by atoms with van der Waals surface area (Å²) in [6.45, 7) is 0. The molecule has 3 rings (SSSR count). The predicted octanol–water partition coefficient (Wildman–Crippen LogP) is 4.52. The van der Waals surface area contributed by atoms with Crippen molar-refractivity contribution in [3.05, 3.63) is 58.5 Å². The van der Waals surface area contributed by atoms with E-state index in [2.05, 4.69) is 0 Å². The zero-order valence-electron chi connectivity index (χ0n) is 12.8. The number of rotatable bonds is 2. The van der Waals surface area contributed by atoms with E-state index in [0.717, 1.165) is 22.7 Å². The highest BCUT2D eigenvalue weighted by Crippen LogP contribution is 2.42. The van der Waals surface area contributed by atoms with Crippen molar-refractivity contribution in [2.45, 2.75) is 6.18 Å². The summed E-state index contributed by atoms with van der Waals surface area (Å²) in [6, 6.07) is 8.61. The first-order chi connectivity index (χ1) is 12.2. The molecule has 9 heteroatoms. The average Bonchev–Trinajstić information content (AvgIpc) is 2.84. The molecule has 0 spiro atoms. The van der Waals surface area contributed by atoms with Crippen LogP contribution in [0.5, 0.6) is 11.5 Å². The molecular formula is C17H10F3NO3S2. The second kappa shape index (κ2) is 6.65. The van der Waals surface area contributed by atoms with E-state index in [1.807, 2.05) is 0 Å². The van der Waals surface area contributed by atoms with Crippen LogP contribution in [0.15, 0.2) is 47.4 Å². The van der Waals surface area contributed by atoms with Gasteiger partial charge in [0.05, 0.1) is 16.2 Å². The molecule has 0 atom stereocenters. The molecule has 0 aliphatic carbocycles. The highest BCUT2D eigenvalue weighted by Gasteiger charge is 2.40. The minimum absolute atomic E-state index is 0.0269. The van der Waals surface area contributed by atoms with Gasteiger partial charge in [0.2, 0.25) is 0 Å². The van der Waals surface area contributed by atoms with Crippen molar-refractivity contribution in [2.75, 3.05) is 4.90 Å². The molecule has 0 bridgehead atoms. The van der Waals surface area contributed by atoms with Gasteiger partial charge in [-0.15, -0.1) is 0 Å². The number of benzene rings is 2. The van der Waals surface area contributed by atoms with Crippen molar-refractivity contribution >= 4 is 46.0 Å². The molecule has 2 aromatic rings. The Morgan fingerprint density at radius 2 is 1.77 bits per heavy atom. The molecule has 0 unspecified atom stereocenters. The third kappa shape index (κ3) is 3.40. The summed E-state index contributed by atoms with van der Waals surface area (Å²) >= 11 is 5.95. The van der Waals surface area contributed by atoms with Crippen LogP contribution in [-0.2, 0) is 11.0 Å². The number of hydrogen-bond acceptors (Lipinski definition) is 5. The lowest BCUT2D eigenvalue weighted by atomic mass is 10.1. The number of carbonyl (C=O) groups is 1. The molecule has 134 valence electrons. The number of aromatic hydroxyl groups is 2. The van der Waals surface area contributed by atoms with E-state index < -0.39 is 17.6 Å². The number of amides is 1. The molecule has 1 saturated heterocycles. The Balaban J connectivity index is 2.00. The van der Waals surface area contributed by atoms with E-state index in [9.17, 15) is 28.2 Å². The first-order valence-corrected chi connectivity index (χ1v) is 8.37. The van der Waals surface area contributed by atoms with E-state index in [-0.39, 0.29) is 26.4 Å². The van der Waals surface area contributed by atoms with Crippen LogP contribution in [-0.4, -0.2) is 20.4 Å². The molecule has 0 aromatic heterocycles. The van der Waals surface area contributed by atoms with Crippen LogP contribution >= 0.6 is 24.0 Å². The van der Waals surface area contributed by atoms with Gasteiger partial charge in [-0.05, 0) is 35.9 Å². The topological polar surface area (TPSA) is 60.8 Å². The van der Waals surface area contributed by atoms with Crippen LogP contribution < -0.4 is 4.90 Å². The Kier molecular flexibility index (Phi) is 4.68. The molecular weight excluding hydrogens is 387 g/mol. The highest BCUT2D eigenvalue weighted by molar-refractivity contribution is 8.27. The number of phenolic OH excluding ortho intramolecular Hbond substituents is 2. The van der Waals surface area contributed by atoms with Crippen molar-refractivity contribution in [3.63, 3.8) is 0 Å². The normalized spacial score (nSPS) is 16.6. The molecule has 2 aromatic carbocycles. The fraction of sp³-hybridized carbons (Fsp3) is 0.0588. The molecule has 0 saturated carbocycles. The lowest BCUT2D eigenvalue weighted by Gasteiger charge is -2.20. The number of hydrogen-bond donors (Lipinski definition) is 2. The minimum atomic E-state index is -4.63. The first kappa shape index (κ1) is 18.3. The maximum Gasteiger partial charge on any atom is 0.418 e. The van der Waals surface area contributed by atoms with Crippen molar-refractivity contribution in [1.29, 1.82) is 0 Å². The maximum absolute atomic E-state index is 13.2. The number of carbonyl (C=O) groups excluding carboxylic acids is 1. The quantitative estimate of drug-likeness (QED) is 0.443. The smallest absolute Gasteiger partial charge is 0.418 e. The molecule has 0 radical (unpaired) electrons. The number of anilines is 1. The molecule has 2 N–H and O–H groups in total. The standard InChI is InChI=1S/C17H10F3NO3S2/c18-17(19,20)10-3-1-2-4-11(10)21-15(24)14(26-16(21)25)8-9-5-6-12(22)13(23)7-9/h1-8,22-23H. The molecule has 1 aliphatic heterocycles. The van der Waals surface area contributed by atoms with Crippen molar-refractivity contribution in [3.8, 4) is 11.5 Å². The average molecular weight is 397 g/mol. The van der Waals surface area contributed by atoms with Crippen molar-refractivity contribution in [2.24, 2.45) is 0 Å². The van der Waals surface area contributed by atoms with Crippen LogP contribution in [0.3, 0.4) is 0 Å². The summed E-state index contributed by atoms with van der Waals surface area (Å²) in [7, 11) is 0. The molecule has 4 nitrogen and oxygen atoms in total. The monoisotopic (exact) mass is 397 g/mol. The number of para-hydroxylation sites is 1. The van der Waals surface area contributed by atoms with Gasteiger partial charge in [-0.3, -0.25) is 9.69 Å². The maximum atomic E-state index is 13.2. The molecule has 1 fully saturated rings. The SMILES string of the molecule is O=C1C(=Cc2ccc(O)c(O)c2)SC(=S)N1c1ccccc1C(F)(F)F. The molecule has 1 amide bonds. The van der Waals surface area contributed by atoms with Gasteiger partial charge in [0.25, 0.3) is 5.91 Å². The van der Waals surface area contributed by atoms with Gasteiger partial charge in [0, 0.05) is 0 Å². The largest absolute Gasteiger partial charge is 0.504 e. The molecule has 1 aliphatic rings. The van der Waals surface area contributed by atoms with Crippen LogP contribution in [0.25, 0.3) is 6.08 Å². The number of thiocarbonyl (C=S) groups is 1. The Bertz CT molecular complexity index is 941. The summed E-state index contributed by atoms with van der Waals surface area (Å²) in [5, 5.41) is 18.8. The van der Waals surface area contributed by atoms with Crippen LogP contribution in [0.1, 0.15) is 11.1 Å². The fourth-order valence-corrected chi connectivity index (χ4v) is 3.65. The second-order valence-corrected chi connectivity index (χ2v) is 6.96. The van der Waals surface area contributed by atoms with Gasteiger partial charge in [-0.1, -0.05) is 42.2 Å². The summed E-state index contributed by atoms with van der Waals surface area (Å²) in [5.74, 6) is -1.39. The van der Waals surface area contributed by atoms with E-state index in [1.54, 1.807) is 0 Å². The number of halogens is 3. The van der Waals surface area contributed by atoms with E-state index in [4.69, 9.17) is 12.2 Å². The lowest BCUT2D eigenvalue weighted by Crippen LogP contribution is -2.29. The van der Waals surface area contributed by atoms with Crippen LogP contribution in [0.2, 0.25) is 0 Å². The number of phenols is 2. The Labute approximate surface area is 155 Å². The van der Waals surface area contributed by atoms with E-state index in [0.29, 0.717) is 5.56 Å². The summed E-state index contributed by atoms with van der Waals surface area (Å²) < 4.78 is 39.7. The zero-order valence-corrected chi connectivity index (χ0v) is 14.5. The second-order valence-electron chi connectivity index (χ2n) is 5.28. The third-order valence-corrected chi connectivity index (χ3v) is 4.84. The van der Waals surface area contributed by atoms with Gasteiger partial charge in [0.15, 0.2) is 15.8 Å².